The Morgan fingerprint density at radius 2 is 2.31 bits per heavy atom. The Balaban J connectivity index is 2.02. The van der Waals surface area contributed by atoms with E-state index >= 15 is 0 Å². The van der Waals surface area contributed by atoms with Crippen molar-refractivity contribution < 1.29 is 4.74 Å². The van der Waals surface area contributed by atoms with Crippen LogP contribution in [0.4, 0.5) is 0 Å². The summed E-state index contributed by atoms with van der Waals surface area (Å²) in [5.74, 6) is 0. The van der Waals surface area contributed by atoms with Crippen LogP contribution in [0.5, 0.6) is 0 Å². The third-order valence-electron chi connectivity index (χ3n) is 2.61. The van der Waals surface area contributed by atoms with Crippen LogP contribution in [-0.4, -0.2) is 35.7 Å². The molecule has 0 radical (unpaired) electrons. The smallest absolute Gasteiger partial charge is 0.135 e. The van der Waals surface area contributed by atoms with Gasteiger partial charge in [0.05, 0.1) is 12.7 Å². The van der Waals surface area contributed by atoms with Gasteiger partial charge in [0.25, 0.3) is 0 Å². The van der Waals surface area contributed by atoms with Crippen LogP contribution in [0.1, 0.15) is 12.5 Å². The zero-order valence-corrected chi connectivity index (χ0v) is 10.6. The van der Waals surface area contributed by atoms with Crippen LogP contribution >= 0.6 is 23.2 Å². The quantitative estimate of drug-likeness (QED) is 0.765. The first-order valence-corrected chi connectivity index (χ1v) is 6.05. The van der Waals surface area contributed by atoms with Crippen molar-refractivity contribution >= 4 is 23.2 Å². The Labute approximate surface area is 105 Å². The minimum Gasteiger partial charge on any atom is -0.376 e. The maximum Gasteiger partial charge on any atom is 0.135 e. The van der Waals surface area contributed by atoms with Gasteiger partial charge >= 0.3 is 0 Å². The maximum atomic E-state index is 6.03. The molecule has 1 unspecified atom stereocenters. The Kier molecular flexibility index (Phi) is 4.03. The number of hydrogen-bond acceptors (Lipinski definition) is 3. The second-order valence-electron chi connectivity index (χ2n) is 4.00. The lowest BCUT2D eigenvalue weighted by Gasteiger charge is -2.31. The predicted molar refractivity (Wildman–Crippen MR) is 64.9 cm³/mol. The van der Waals surface area contributed by atoms with Crippen LogP contribution in [0.15, 0.2) is 12.1 Å². The normalized spacial score (nSPS) is 22.3. The van der Waals surface area contributed by atoms with E-state index in [1.165, 1.54) is 0 Å². The minimum absolute atomic E-state index is 0.285. The van der Waals surface area contributed by atoms with Crippen molar-refractivity contribution in [2.45, 2.75) is 19.6 Å². The number of hydrogen-bond donors (Lipinski definition) is 0. The number of halogens is 2. The van der Waals surface area contributed by atoms with Gasteiger partial charge in [-0.25, -0.2) is 4.98 Å². The lowest BCUT2D eigenvalue weighted by molar-refractivity contribution is -0.0212. The summed E-state index contributed by atoms with van der Waals surface area (Å²) in [6, 6.07) is 3.70. The molecule has 0 N–H and O–H groups in total. The molecule has 0 spiro atoms. The molecule has 3 nitrogen and oxygen atoms in total. The van der Waals surface area contributed by atoms with Crippen molar-refractivity contribution in [3.8, 4) is 0 Å². The molecule has 1 fully saturated rings. The van der Waals surface area contributed by atoms with Gasteiger partial charge in [-0.15, -0.1) is 0 Å². The lowest BCUT2D eigenvalue weighted by atomic mass is 10.2. The maximum absolute atomic E-state index is 6.03. The molecule has 1 aromatic heterocycles. The van der Waals surface area contributed by atoms with Crippen molar-refractivity contribution in [1.82, 2.24) is 9.88 Å². The number of aromatic nitrogens is 1. The summed E-state index contributed by atoms with van der Waals surface area (Å²) < 4.78 is 5.48. The zero-order chi connectivity index (χ0) is 11.5. The topological polar surface area (TPSA) is 25.4 Å². The van der Waals surface area contributed by atoms with Gasteiger partial charge in [-0.1, -0.05) is 29.3 Å². The molecule has 1 aliphatic rings. The molecule has 2 heterocycles. The molecule has 88 valence electrons. The largest absolute Gasteiger partial charge is 0.376 e. The van der Waals surface area contributed by atoms with Gasteiger partial charge in [-0.2, -0.15) is 0 Å². The highest BCUT2D eigenvalue weighted by Crippen LogP contribution is 2.19. The van der Waals surface area contributed by atoms with Crippen molar-refractivity contribution in [1.29, 1.82) is 0 Å². The Morgan fingerprint density at radius 1 is 1.50 bits per heavy atom. The van der Waals surface area contributed by atoms with Gasteiger partial charge in [0, 0.05) is 25.2 Å². The van der Waals surface area contributed by atoms with E-state index < -0.39 is 0 Å². The van der Waals surface area contributed by atoms with Crippen molar-refractivity contribution in [2.24, 2.45) is 0 Å². The molecule has 5 heteroatoms. The van der Waals surface area contributed by atoms with E-state index in [4.69, 9.17) is 27.9 Å². The van der Waals surface area contributed by atoms with Gasteiger partial charge in [0.15, 0.2) is 0 Å². The Hall–Kier alpha value is -0.350. The van der Waals surface area contributed by atoms with E-state index in [-0.39, 0.29) is 6.10 Å². The van der Waals surface area contributed by atoms with E-state index in [1.807, 2.05) is 6.07 Å². The third kappa shape index (κ3) is 3.08. The number of pyridine rings is 1. The second-order valence-corrected chi connectivity index (χ2v) is 4.75. The summed E-state index contributed by atoms with van der Waals surface area (Å²) in [4.78, 5) is 6.34. The summed E-state index contributed by atoms with van der Waals surface area (Å²) in [5.41, 5.74) is 1.01. The van der Waals surface area contributed by atoms with Gasteiger partial charge in [-0.3, -0.25) is 4.90 Å². The van der Waals surface area contributed by atoms with Crippen molar-refractivity contribution in [3.63, 3.8) is 0 Å². The van der Waals surface area contributed by atoms with E-state index in [0.717, 1.165) is 31.8 Å². The van der Waals surface area contributed by atoms with Crippen LogP contribution < -0.4 is 0 Å². The monoisotopic (exact) mass is 260 g/mol. The highest BCUT2D eigenvalue weighted by atomic mass is 35.5. The molecule has 1 aliphatic heterocycles. The predicted octanol–water partition coefficient (Wildman–Crippen LogP) is 2.61. The average molecular weight is 261 g/mol. The van der Waals surface area contributed by atoms with E-state index in [9.17, 15) is 0 Å². The standard InChI is InChI=1S/C11H14Cl2N2O/c1-8-6-15(4-5-16-8)7-9-2-3-10(12)14-11(9)13/h2-3,8H,4-7H2,1H3. The zero-order valence-electron chi connectivity index (χ0n) is 9.12. The average Bonchev–Trinajstić information content (AvgIpc) is 2.22. The minimum atomic E-state index is 0.285. The van der Waals surface area contributed by atoms with Crippen LogP contribution in [0.2, 0.25) is 10.3 Å². The third-order valence-corrected chi connectivity index (χ3v) is 3.15. The van der Waals surface area contributed by atoms with E-state index in [1.54, 1.807) is 6.07 Å². The van der Waals surface area contributed by atoms with E-state index in [0.29, 0.717) is 10.3 Å². The Morgan fingerprint density at radius 3 is 3.00 bits per heavy atom. The molecule has 16 heavy (non-hydrogen) atoms. The van der Waals surface area contributed by atoms with Crippen LogP contribution in [0.25, 0.3) is 0 Å². The van der Waals surface area contributed by atoms with Crippen molar-refractivity contribution in [2.75, 3.05) is 19.7 Å². The molecule has 1 saturated heterocycles. The number of morpholine rings is 1. The second kappa shape index (κ2) is 5.32. The fraction of sp³-hybridized carbons (Fsp3) is 0.545. The Bertz CT molecular complexity index is 373. The molecule has 0 saturated carbocycles. The molecule has 0 aromatic carbocycles. The molecular weight excluding hydrogens is 247 g/mol. The van der Waals surface area contributed by atoms with Gasteiger partial charge < -0.3 is 4.74 Å². The molecule has 0 amide bonds. The summed E-state index contributed by atoms with van der Waals surface area (Å²) >= 11 is 11.8. The molecule has 0 aliphatic carbocycles. The molecule has 2 rings (SSSR count). The summed E-state index contributed by atoms with van der Waals surface area (Å²) in [6.45, 7) is 5.52. The van der Waals surface area contributed by atoms with Crippen LogP contribution in [0.3, 0.4) is 0 Å². The first-order valence-electron chi connectivity index (χ1n) is 5.30. The molecular formula is C11H14Cl2N2O. The molecule has 0 bridgehead atoms. The number of nitrogens with zero attached hydrogens (tertiary/aromatic N) is 2. The van der Waals surface area contributed by atoms with E-state index in [2.05, 4.69) is 16.8 Å². The summed E-state index contributed by atoms with van der Waals surface area (Å²) in [5, 5.41) is 0.927. The van der Waals surface area contributed by atoms with Crippen LogP contribution in [0, 0.1) is 0 Å². The number of rotatable bonds is 2. The van der Waals surface area contributed by atoms with Crippen LogP contribution in [-0.2, 0) is 11.3 Å². The number of ether oxygens (including phenoxy) is 1. The van der Waals surface area contributed by atoms with Gasteiger partial charge in [0.1, 0.15) is 10.3 Å². The fourth-order valence-electron chi connectivity index (χ4n) is 1.83. The van der Waals surface area contributed by atoms with Gasteiger partial charge in [0.2, 0.25) is 0 Å². The highest BCUT2D eigenvalue weighted by molar-refractivity contribution is 6.32. The molecule has 1 atom stereocenters. The van der Waals surface area contributed by atoms with Gasteiger partial charge in [-0.05, 0) is 13.0 Å². The van der Waals surface area contributed by atoms with Crippen molar-refractivity contribution in [3.05, 3.63) is 28.0 Å². The highest BCUT2D eigenvalue weighted by Gasteiger charge is 2.17. The molecule has 1 aromatic rings. The summed E-state index contributed by atoms with van der Waals surface area (Å²) in [7, 11) is 0. The fourth-order valence-corrected chi connectivity index (χ4v) is 2.24. The summed E-state index contributed by atoms with van der Waals surface area (Å²) in [6.07, 6.45) is 0.285. The SMILES string of the molecule is CC1CN(Cc2ccc(Cl)nc2Cl)CCO1. The lowest BCUT2D eigenvalue weighted by Crippen LogP contribution is -2.40. The first-order chi connectivity index (χ1) is 7.65. The first kappa shape index (κ1) is 12.1.